The Morgan fingerprint density at radius 3 is 2.78 bits per heavy atom. The first-order valence-electron chi connectivity index (χ1n) is 6.30. The van der Waals surface area contributed by atoms with Crippen LogP contribution in [0.2, 0.25) is 0 Å². The standard InChI is InChI=1S/C12H17N5O/c1-7-10-6-14-12(13)15-11(10)17(16-7)8-2-4-9(18)5-3-8/h6,8-9,18H,2-5H2,1H3,(H2,13,14,15)/t8-,9-. The molecule has 2 aromatic heterocycles. The van der Waals surface area contributed by atoms with Gasteiger partial charge in [-0.1, -0.05) is 0 Å². The highest BCUT2D eigenvalue weighted by Gasteiger charge is 2.24. The third-order valence-electron chi connectivity index (χ3n) is 3.66. The fraction of sp³-hybridized carbons (Fsp3) is 0.583. The maximum absolute atomic E-state index is 9.56. The normalized spacial score (nSPS) is 24.6. The smallest absolute Gasteiger partial charge is 0.222 e. The van der Waals surface area contributed by atoms with Crippen molar-refractivity contribution in [3.8, 4) is 0 Å². The first-order chi connectivity index (χ1) is 8.65. The van der Waals surface area contributed by atoms with E-state index < -0.39 is 0 Å². The lowest BCUT2D eigenvalue weighted by Crippen LogP contribution is -2.22. The first kappa shape index (κ1) is 11.4. The van der Waals surface area contributed by atoms with Gasteiger partial charge in [-0.2, -0.15) is 10.1 Å². The number of aliphatic hydroxyl groups excluding tert-OH is 1. The molecule has 0 bridgehead atoms. The second kappa shape index (κ2) is 4.20. The molecule has 0 aliphatic heterocycles. The second-order valence-electron chi connectivity index (χ2n) is 4.96. The molecule has 2 heterocycles. The summed E-state index contributed by atoms with van der Waals surface area (Å²) in [7, 11) is 0. The number of aryl methyl sites for hydroxylation is 1. The lowest BCUT2D eigenvalue weighted by Gasteiger charge is -2.25. The monoisotopic (exact) mass is 247 g/mol. The number of hydrogen-bond acceptors (Lipinski definition) is 5. The summed E-state index contributed by atoms with van der Waals surface area (Å²) in [4.78, 5) is 8.31. The van der Waals surface area contributed by atoms with Crippen LogP contribution in [0.3, 0.4) is 0 Å². The molecule has 1 fully saturated rings. The fourth-order valence-corrected chi connectivity index (χ4v) is 2.64. The third kappa shape index (κ3) is 1.82. The van der Waals surface area contributed by atoms with Crippen molar-refractivity contribution in [2.24, 2.45) is 0 Å². The van der Waals surface area contributed by atoms with Gasteiger partial charge in [0.1, 0.15) is 0 Å². The van der Waals surface area contributed by atoms with E-state index in [0.717, 1.165) is 42.4 Å². The van der Waals surface area contributed by atoms with Gasteiger partial charge in [0.05, 0.1) is 23.2 Å². The number of anilines is 1. The molecule has 0 saturated heterocycles. The predicted octanol–water partition coefficient (Wildman–Crippen LogP) is 1.19. The topological polar surface area (TPSA) is 89.8 Å². The van der Waals surface area contributed by atoms with Crippen molar-refractivity contribution in [2.75, 3.05) is 5.73 Å². The summed E-state index contributed by atoms with van der Waals surface area (Å²) < 4.78 is 1.95. The fourth-order valence-electron chi connectivity index (χ4n) is 2.64. The summed E-state index contributed by atoms with van der Waals surface area (Å²) in [6, 6.07) is 0.305. The van der Waals surface area contributed by atoms with Crippen molar-refractivity contribution in [2.45, 2.75) is 44.8 Å². The van der Waals surface area contributed by atoms with Gasteiger partial charge in [0.15, 0.2) is 5.65 Å². The summed E-state index contributed by atoms with van der Waals surface area (Å²) in [5.41, 5.74) is 7.38. The van der Waals surface area contributed by atoms with Crippen molar-refractivity contribution >= 4 is 17.0 Å². The van der Waals surface area contributed by atoms with Crippen LogP contribution in [0.1, 0.15) is 37.4 Å². The molecular formula is C12H17N5O. The summed E-state index contributed by atoms with van der Waals surface area (Å²) in [6.45, 7) is 1.95. The molecular weight excluding hydrogens is 230 g/mol. The van der Waals surface area contributed by atoms with Gasteiger partial charge in [0.25, 0.3) is 0 Å². The molecule has 1 saturated carbocycles. The molecule has 0 atom stereocenters. The van der Waals surface area contributed by atoms with Gasteiger partial charge in [-0.25, -0.2) is 9.67 Å². The molecule has 0 radical (unpaired) electrons. The number of nitrogens with two attached hydrogens (primary N) is 1. The Morgan fingerprint density at radius 2 is 2.06 bits per heavy atom. The first-order valence-corrected chi connectivity index (χ1v) is 6.30. The highest BCUT2D eigenvalue weighted by molar-refractivity contribution is 5.78. The van der Waals surface area contributed by atoms with Crippen LogP contribution in [0.4, 0.5) is 5.95 Å². The number of aromatic nitrogens is 4. The van der Waals surface area contributed by atoms with Gasteiger partial charge in [0, 0.05) is 6.20 Å². The van der Waals surface area contributed by atoms with Crippen LogP contribution in [-0.4, -0.2) is 31.0 Å². The quantitative estimate of drug-likeness (QED) is 0.790. The van der Waals surface area contributed by atoms with E-state index in [0.29, 0.717) is 6.04 Å². The zero-order valence-electron chi connectivity index (χ0n) is 10.4. The maximum atomic E-state index is 9.56. The van der Waals surface area contributed by atoms with Crippen LogP contribution in [0, 0.1) is 6.92 Å². The zero-order valence-corrected chi connectivity index (χ0v) is 10.4. The Hall–Kier alpha value is -1.69. The minimum atomic E-state index is -0.163. The highest BCUT2D eigenvalue weighted by Crippen LogP contribution is 2.31. The SMILES string of the molecule is Cc1nn([C@H]2CC[C@H](O)CC2)c2nc(N)ncc12. The summed E-state index contributed by atoms with van der Waals surface area (Å²) in [6.07, 6.45) is 5.08. The van der Waals surface area contributed by atoms with Crippen molar-refractivity contribution in [1.29, 1.82) is 0 Å². The second-order valence-corrected chi connectivity index (χ2v) is 4.96. The van der Waals surface area contributed by atoms with Crippen molar-refractivity contribution in [3.05, 3.63) is 11.9 Å². The number of fused-ring (bicyclic) bond motifs is 1. The van der Waals surface area contributed by atoms with E-state index in [-0.39, 0.29) is 12.1 Å². The number of aliphatic hydroxyl groups is 1. The molecule has 18 heavy (non-hydrogen) atoms. The number of rotatable bonds is 1. The van der Waals surface area contributed by atoms with Crippen LogP contribution in [0.5, 0.6) is 0 Å². The van der Waals surface area contributed by atoms with Crippen molar-refractivity contribution in [3.63, 3.8) is 0 Å². The minimum absolute atomic E-state index is 0.163. The lowest BCUT2D eigenvalue weighted by molar-refractivity contribution is 0.109. The maximum Gasteiger partial charge on any atom is 0.222 e. The van der Waals surface area contributed by atoms with E-state index in [1.54, 1.807) is 6.20 Å². The van der Waals surface area contributed by atoms with Crippen LogP contribution in [-0.2, 0) is 0 Å². The van der Waals surface area contributed by atoms with Gasteiger partial charge in [-0.3, -0.25) is 0 Å². The third-order valence-corrected chi connectivity index (χ3v) is 3.66. The van der Waals surface area contributed by atoms with Gasteiger partial charge in [-0.05, 0) is 32.6 Å². The summed E-state index contributed by atoms with van der Waals surface area (Å²) in [5.74, 6) is 0.277. The Bertz CT molecular complexity index is 571. The van der Waals surface area contributed by atoms with E-state index in [1.165, 1.54) is 0 Å². The summed E-state index contributed by atoms with van der Waals surface area (Å²) in [5, 5.41) is 15.1. The summed E-state index contributed by atoms with van der Waals surface area (Å²) >= 11 is 0. The minimum Gasteiger partial charge on any atom is -0.393 e. The van der Waals surface area contributed by atoms with E-state index in [2.05, 4.69) is 15.1 Å². The molecule has 0 unspecified atom stereocenters. The van der Waals surface area contributed by atoms with Gasteiger partial charge in [-0.15, -0.1) is 0 Å². The van der Waals surface area contributed by atoms with Crippen molar-refractivity contribution < 1.29 is 5.11 Å². The zero-order chi connectivity index (χ0) is 12.7. The molecule has 3 rings (SSSR count). The van der Waals surface area contributed by atoms with E-state index >= 15 is 0 Å². The van der Waals surface area contributed by atoms with E-state index in [4.69, 9.17) is 5.73 Å². The lowest BCUT2D eigenvalue weighted by atomic mass is 9.93. The van der Waals surface area contributed by atoms with Gasteiger partial charge >= 0.3 is 0 Å². The van der Waals surface area contributed by atoms with Crippen LogP contribution >= 0.6 is 0 Å². The molecule has 3 N–H and O–H groups in total. The highest BCUT2D eigenvalue weighted by atomic mass is 16.3. The molecule has 6 nitrogen and oxygen atoms in total. The predicted molar refractivity (Wildman–Crippen MR) is 68.0 cm³/mol. The number of hydrogen-bond donors (Lipinski definition) is 2. The Balaban J connectivity index is 2.03. The molecule has 0 spiro atoms. The Labute approximate surface area is 105 Å². The van der Waals surface area contributed by atoms with Crippen molar-refractivity contribution in [1.82, 2.24) is 19.7 Å². The molecule has 1 aliphatic carbocycles. The Kier molecular flexibility index (Phi) is 2.66. The molecule has 6 heteroatoms. The average molecular weight is 247 g/mol. The van der Waals surface area contributed by atoms with Crippen LogP contribution in [0.15, 0.2) is 6.20 Å². The molecule has 2 aromatic rings. The molecule has 1 aliphatic rings. The van der Waals surface area contributed by atoms with E-state index in [1.807, 2.05) is 11.6 Å². The van der Waals surface area contributed by atoms with E-state index in [9.17, 15) is 5.11 Å². The average Bonchev–Trinajstić information content (AvgIpc) is 2.67. The Morgan fingerprint density at radius 1 is 1.33 bits per heavy atom. The number of nitrogens with zero attached hydrogens (tertiary/aromatic N) is 4. The van der Waals surface area contributed by atoms with Crippen LogP contribution in [0.25, 0.3) is 11.0 Å². The van der Waals surface area contributed by atoms with Gasteiger partial charge in [0.2, 0.25) is 5.95 Å². The molecule has 96 valence electrons. The largest absolute Gasteiger partial charge is 0.393 e. The molecule has 0 amide bonds. The number of nitrogen functional groups attached to an aromatic ring is 1. The van der Waals surface area contributed by atoms with Gasteiger partial charge < -0.3 is 10.8 Å². The molecule has 0 aromatic carbocycles. The van der Waals surface area contributed by atoms with Crippen LogP contribution < -0.4 is 5.73 Å².